The average Bonchev–Trinajstić information content (AvgIpc) is 2.78. The van der Waals surface area contributed by atoms with E-state index in [2.05, 4.69) is 5.16 Å². The standard InChI is InChI=1S/C27H37N3O4/c1-19-15-20(2)26-22(16-19)17-24(29-33-18-25(31)30-13-5-4-6-14-30)12-8-11-23(28)10-7-9-21(3)34-27(26)32/h7-8,10,12,15-16,21,23H,4-6,9,11,13-14,17-18,28H2,1-3H3/b10-7+,12-8+,29-24?/t21-,23+/m1/s1. The molecule has 0 spiro atoms. The van der Waals surface area contributed by atoms with Gasteiger partial charge in [0.05, 0.1) is 11.3 Å². The van der Waals surface area contributed by atoms with E-state index >= 15 is 0 Å². The Bertz CT molecular complexity index is 961. The molecule has 0 aliphatic carbocycles. The number of esters is 1. The van der Waals surface area contributed by atoms with E-state index in [0.717, 1.165) is 49.0 Å². The van der Waals surface area contributed by atoms with Crippen molar-refractivity contribution in [2.24, 2.45) is 10.9 Å². The van der Waals surface area contributed by atoms with Crippen molar-refractivity contribution in [3.05, 3.63) is 58.7 Å². The number of rotatable bonds is 3. The number of aryl methyl sites for hydroxylation is 2. The fourth-order valence-electron chi connectivity index (χ4n) is 4.38. The topological polar surface area (TPSA) is 94.2 Å². The molecule has 1 amide bonds. The predicted octanol–water partition coefficient (Wildman–Crippen LogP) is 4.01. The minimum absolute atomic E-state index is 0.0502. The normalized spacial score (nSPS) is 25.1. The number of allylic oxidation sites excluding steroid dienone is 1. The third-order valence-corrected chi connectivity index (χ3v) is 6.09. The molecule has 2 aliphatic rings. The summed E-state index contributed by atoms with van der Waals surface area (Å²) < 4.78 is 5.72. The molecule has 0 bridgehead atoms. The second-order valence-electron chi connectivity index (χ2n) is 9.27. The van der Waals surface area contributed by atoms with Gasteiger partial charge in [-0.1, -0.05) is 41.1 Å². The second-order valence-corrected chi connectivity index (χ2v) is 9.27. The van der Waals surface area contributed by atoms with Crippen molar-refractivity contribution in [3.8, 4) is 0 Å². The molecule has 2 atom stereocenters. The lowest BCUT2D eigenvalue weighted by Crippen LogP contribution is -2.37. The van der Waals surface area contributed by atoms with Gasteiger partial charge in [0.25, 0.3) is 5.91 Å². The van der Waals surface area contributed by atoms with Crippen LogP contribution in [0.3, 0.4) is 0 Å². The SMILES string of the molecule is Cc1cc(C)c2c(c1)CC(=NOCC(=O)N1CCCCC1)/C=C/C[C@@H](N)/C=C/C[C@@H](C)OC2=O. The monoisotopic (exact) mass is 467 g/mol. The van der Waals surface area contributed by atoms with E-state index in [-0.39, 0.29) is 30.6 Å². The quantitative estimate of drug-likeness (QED) is 0.412. The Morgan fingerprint density at radius 3 is 2.71 bits per heavy atom. The molecule has 0 radical (unpaired) electrons. The first kappa shape index (κ1) is 25.7. The molecular weight excluding hydrogens is 430 g/mol. The van der Waals surface area contributed by atoms with Crippen LogP contribution in [0.1, 0.15) is 66.1 Å². The van der Waals surface area contributed by atoms with Gasteiger partial charge >= 0.3 is 5.97 Å². The molecule has 2 aliphatic heterocycles. The summed E-state index contributed by atoms with van der Waals surface area (Å²) in [7, 11) is 0. The number of ether oxygens (including phenoxy) is 1. The number of likely N-dealkylation sites (tertiary alicyclic amines) is 1. The number of piperidine rings is 1. The lowest BCUT2D eigenvalue weighted by Gasteiger charge is -2.26. The number of fused-ring (bicyclic) bond motifs is 1. The maximum atomic E-state index is 13.1. The van der Waals surface area contributed by atoms with Gasteiger partial charge in [0.2, 0.25) is 0 Å². The van der Waals surface area contributed by atoms with Gasteiger partial charge in [0.15, 0.2) is 6.61 Å². The molecule has 1 saturated heterocycles. The molecule has 7 nitrogen and oxygen atoms in total. The summed E-state index contributed by atoms with van der Waals surface area (Å²) in [5, 5.41) is 4.28. The van der Waals surface area contributed by atoms with Gasteiger partial charge in [-0.15, -0.1) is 0 Å². The lowest BCUT2D eigenvalue weighted by molar-refractivity contribution is -0.137. The summed E-state index contributed by atoms with van der Waals surface area (Å²) in [5.41, 5.74) is 10.1. The number of carbonyl (C=O) groups is 2. The molecule has 1 aromatic rings. The summed E-state index contributed by atoms with van der Waals surface area (Å²) >= 11 is 0. The lowest BCUT2D eigenvalue weighted by atomic mass is 9.94. The first-order valence-corrected chi connectivity index (χ1v) is 12.2. The van der Waals surface area contributed by atoms with Gasteiger partial charge in [0.1, 0.15) is 6.10 Å². The van der Waals surface area contributed by atoms with Crippen molar-refractivity contribution in [1.29, 1.82) is 0 Å². The molecule has 184 valence electrons. The molecule has 34 heavy (non-hydrogen) atoms. The summed E-state index contributed by atoms with van der Waals surface area (Å²) in [6.07, 6.45) is 12.3. The van der Waals surface area contributed by atoms with E-state index in [1.807, 2.05) is 62.1 Å². The molecular formula is C27H37N3O4. The van der Waals surface area contributed by atoms with E-state index in [1.54, 1.807) is 0 Å². The molecule has 2 N–H and O–H groups in total. The Morgan fingerprint density at radius 1 is 1.18 bits per heavy atom. The largest absolute Gasteiger partial charge is 0.459 e. The number of amides is 1. The van der Waals surface area contributed by atoms with Gasteiger partial charge in [-0.05, 0) is 63.7 Å². The molecule has 1 aromatic carbocycles. The minimum atomic E-state index is -0.348. The van der Waals surface area contributed by atoms with Gasteiger partial charge in [-0.25, -0.2) is 4.79 Å². The van der Waals surface area contributed by atoms with Crippen molar-refractivity contribution in [1.82, 2.24) is 4.90 Å². The van der Waals surface area contributed by atoms with Crippen LogP contribution in [0.5, 0.6) is 0 Å². The zero-order valence-electron chi connectivity index (χ0n) is 20.6. The number of hydrogen-bond donors (Lipinski definition) is 1. The Labute approximate surface area is 202 Å². The zero-order valence-corrected chi connectivity index (χ0v) is 20.6. The van der Waals surface area contributed by atoms with Crippen LogP contribution < -0.4 is 5.73 Å². The third-order valence-electron chi connectivity index (χ3n) is 6.09. The maximum Gasteiger partial charge on any atom is 0.338 e. The molecule has 3 rings (SSSR count). The molecule has 0 saturated carbocycles. The van der Waals surface area contributed by atoms with Crippen molar-refractivity contribution in [2.75, 3.05) is 19.7 Å². The summed E-state index contributed by atoms with van der Waals surface area (Å²) in [6.45, 7) is 7.24. The van der Waals surface area contributed by atoms with E-state index < -0.39 is 0 Å². The fraction of sp³-hybridized carbons (Fsp3) is 0.519. The predicted molar refractivity (Wildman–Crippen MR) is 134 cm³/mol. The average molecular weight is 468 g/mol. The van der Waals surface area contributed by atoms with E-state index in [9.17, 15) is 9.59 Å². The van der Waals surface area contributed by atoms with Crippen molar-refractivity contribution in [3.63, 3.8) is 0 Å². The highest BCUT2D eigenvalue weighted by Gasteiger charge is 2.21. The fourth-order valence-corrected chi connectivity index (χ4v) is 4.38. The molecule has 2 heterocycles. The summed E-state index contributed by atoms with van der Waals surface area (Å²) in [5.74, 6) is -0.398. The van der Waals surface area contributed by atoms with Crippen LogP contribution >= 0.6 is 0 Å². The van der Waals surface area contributed by atoms with E-state index in [0.29, 0.717) is 30.5 Å². The first-order valence-electron chi connectivity index (χ1n) is 12.2. The Morgan fingerprint density at radius 2 is 1.94 bits per heavy atom. The van der Waals surface area contributed by atoms with Gasteiger partial charge in [-0.3, -0.25) is 4.79 Å². The highest BCUT2D eigenvalue weighted by atomic mass is 16.6. The highest BCUT2D eigenvalue weighted by Crippen LogP contribution is 2.21. The van der Waals surface area contributed by atoms with Crippen LogP contribution in [-0.4, -0.2) is 54.3 Å². The van der Waals surface area contributed by atoms with Crippen LogP contribution in [0.2, 0.25) is 0 Å². The Kier molecular flexibility index (Phi) is 9.45. The van der Waals surface area contributed by atoms with Crippen LogP contribution in [0.15, 0.2) is 41.6 Å². The Hall–Kier alpha value is -2.93. The number of benzene rings is 1. The van der Waals surface area contributed by atoms with Crippen LogP contribution in [0.25, 0.3) is 0 Å². The maximum absolute atomic E-state index is 13.1. The Balaban J connectivity index is 1.86. The minimum Gasteiger partial charge on any atom is -0.459 e. The van der Waals surface area contributed by atoms with Gasteiger partial charge in [0, 0.05) is 32.0 Å². The van der Waals surface area contributed by atoms with E-state index in [1.165, 1.54) is 0 Å². The molecule has 1 fully saturated rings. The molecule has 7 heteroatoms. The number of cyclic esters (lactones) is 1. The third kappa shape index (κ3) is 7.55. The number of nitrogens with two attached hydrogens (primary N) is 1. The zero-order chi connectivity index (χ0) is 24.5. The highest BCUT2D eigenvalue weighted by molar-refractivity contribution is 6.00. The first-order chi connectivity index (χ1) is 16.3. The van der Waals surface area contributed by atoms with Gasteiger partial charge < -0.3 is 20.2 Å². The van der Waals surface area contributed by atoms with Crippen molar-refractivity contribution >= 4 is 17.6 Å². The number of nitrogens with zero attached hydrogens (tertiary/aromatic N) is 2. The van der Waals surface area contributed by atoms with Crippen molar-refractivity contribution in [2.45, 2.75) is 71.4 Å². The number of carbonyl (C=O) groups excluding carboxylic acids is 2. The molecule has 0 unspecified atom stereocenters. The van der Waals surface area contributed by atoms with Crippen LogP contribution in [-0.2, 0) is 20.8 Å². The summed E-state index contributed by atoms with van der Waals surface area (Å²) in [6, 6.07) is 3.81. The second kappa shape index (κ2) is 12.5. The smallest absolute Gasteiger partial charge is 0.338 e. The number of hydrogen-bond acceptors (Lipinski definition) is 6. The molecule has 0 aromatic heterocycles. The van der Waals surface area contributed by atoms with E-state index in [4.69, 9.17) is 15.3 Å². The van der Waals surface area contributed by atoms with Crippen molar-refractivity contribution < 1.29 is 19.2 Å². The summed E-state index contributed by atoms with van der Waals surface area (Å²) in [4.78, 5) is 32.8. The van der Waals surface area contributed by atoms with Crippen LogP contribution in [0, 0.1) is 13.8 Å². The van der Waals surface area contributed by atoms with Crippen LogP contribution in [0.4, 0.5) is 0 Å². The number of oxime groups is 1. The van der Waals surface area contributed by atoms with Gasteiger partial charge in [-0.2, -0.15) is 0 Å².